The summed E-state index contributed by atoms with van der Waals surface area (Å²) < 4.78 is 5.62. The Labute approximate surface area is 117 Å². The fraction of sp³-hybridized carbons (Fsp3) is 0.938. The number of nitrogens with one attached hydrogen (secondary N) is 1. The van der Waals surface area contributed by atoms with Gasteiger partial charge < -0.3 is 10.1 Å². The van der Waals surface area contributed by atoms with Crippen molar-refractivity contribution >= 4 is 5.97 Å². The highest BCUT2D eigenvalue weighted by Gasteiger charge is 2.43. The molecule has 4 unspecified atom stereocenters. The number of carbonyl (C=O) groups excluding carboxylic acids is 1. The van der Waals surface area contributed by atoms with Gasteiger partial charge in [-0.15, -0.1) is 0 Å². The Morgan fingerprint density at radius 3 is 2.95 bits per heavy atom. The molecule has 1 N–H and O–H groups in total. The van der Waals surface area contributed by atoms with Crippen LogP contribution in [0.5, 0.6) is 0 Å². The summed E-state index contributed by atoms with van der Waals surface area (Å²) >= 11 is 0. The quantitative estimate of drug-likeness (QED) is 0.568. The second-order valence-corrected chi connectivity index (χ2v) is 6.34. The number of hydrogen-bond donors (Lipinski definition) is 1. The van der Waals surface area contributed by atoms with E-state index < -0.39 is 0 Å². The largest absolute Gasteiger partial charge is 0.462 e. The van der Waals surface area contributed by atoms with E-state index in [-0.39, 0.29) is 18.1 Å². The van der Waals surface area contributed by atoms with Gasteiger partial charge in [0, 0.05) is 0 Å². The summed E-state index contributed by atoms with van der Waals surface area (Å²) in [5, 5.41) is 3.37. The highest BCUT2D eigenvalue weighted by molar-refractivity contribution is 5.77. The van der Waals surface area contributed by atoms with Gasteiger partial charge in [-0.2, -0.15) is 0 Å². The first-order valence-corrected chi connectivity index (χ1v) is 8.16. The zero-order valence-electron chi connectivity index (χ0n) is 12.5. The molecule has 2 aliphatic rings. The summed E-state index contributed by atoms with van der Waals surface area (Å²) in [7, 11) is 0. The molecule has 19 heavy (non-hydrogen) atoms. The van der Waals surface area contributed by atoms with Crippen LogP contribution in [0.2, 0.25) is 0 Å². The zero-order chi connectivity index (χ0) is 13.7. The number of fused-ring (bicyclic) bond motifs is 1. The first-order chi connectivity index (χ1) is 9.22. The van der Waals surface area contributed by atoms with Crippen molar-refractivity contribution in [1.82, 2.24) is 5.32 Å². The summed E-state index contributed by atoms with van der Waals surface area (Å²) in [4.78, 5) is 12.2. The minimum absolute atomic E-state index is 0.00242. The fourth-order valence-electron chi connectivity index (χ4n) is 3.63. The van der Waals surface area contributed by atoms with E-state index in [0.29, 0.717) is 5.92 Å². The Bertz CT molecular complexity index is 292. The van der Waals surface area contributed by atoms with Crippen LogP contribution < -0.4 is 5.32 Å². The maximum Gasteiger partial charge on any atom is 0.323 e. The van der Waals surface area contributed by atoms with E-state index in [2.05, 4.69) is 12.2 Å². The van der Waals surface area contributed by atoms with Crippen molar-refractivity contribution < 1.29 is 9.53 Å². The van der Waals surface area contributed by atoms with Gasteiger partial charge >= 0.3 is 5.97 Å². The number of unbranched alkanes of at least 4 members (excludes halogenated alkanes) is 3. The van der Waals surface area contributed by atoms with Gasteiger partial charge in [0.15, 0.2) is 0 Å². The van der Waals surface area contributed by atoms with Crippen LogP contribution in [0.4, 0.5) is 0 Å². The van der Waals surface area contributed by atoms with Crippen LogP contribution in [0.25, 0.3) is 0 Å². The second-order valence-electron chi connectivity index (χ2n) is 6.34. The van der Waals surface area contributed by atoms with Crippen molar-refractivity contribution in [3.8, 4) is 0 Å². The van der Waals surface area contributed by atoms with E-state index in [1.165, 1.54) is 44.9 Å². The number of rotatable bonds is 7. The van der Waals surface area contributed by atoms with Crippen molar-refractivity contribution in [1.29, 1.82) is 0 Å². The van der Waals surface area contributed by atoms with E-state index in [0.717, 1.165) is 18.9 Å². The van der Waals surface area contributed by atoms with Crippen LogP contribution in [0.15, 0.2) is 0 Å². The molecule has 0 aromatic carbocycles. The number of carbonyl (C=O) groups is 1. The molecule has 0 aromatic heterocycles. The Morgan fingerprint density at radius 2 is 2.16 bits per heavy atom. The van der Waals surface area contributed by atoms with Gasteiger partial charge in [-0.25, -0.2) is 0 Å². The monoisotopic (exact) mass is 267 g/mol. The van der Waals surface area contributed by atoms with Gasteiger partial charge in [-0.05, 0) is 51.0 Å². The summed E-state index contributed by atoms with van der Waals surface area (Å²) in [6.45, 7) is 5.26. The van der Waals surface area contributed by atoms with Gasteiger partial charge in [0.05, 0.1) is 6.10 Å². The van der Waals surface area contributed by atoms with Crippen molar-refractivity contribution in [3.05, 3.63) is 0 Å². The van der Waals surface area contributed by atoms with Gasteiger partial charge in [-0.3, -0.25) is 4.79 Å². The lowest BCUT2D eigenvalue weighted by Crippen LogP contribution is -2.38. The maximum absolute atomic E-state index is 12.2. The van der Waals surface area contributed by atoms with Crippen LogP contribution in [0, 0.1) is 11.8 Å². The van der Waals surface area contributed by atoms with Crippen molar-refractivity contribution in [3.63, 3.8) is 0 Å². The van der Waals surface area contributed by atoms with E-state index in [4.69, 9.17) is 4.74 Å². The molecular formula is C16H29NO2. The van der Waals surface area contributed by atoms with E-state index >= 15 is 0 Å². The molecule has 0 spiro atoms. The molecule has 0 bridgehead atoms. The van der Waals surface area contributed by atoms with Crippen molar-refractivity contribution in [2.75, 3.05) is 6.54 Å². The topological polar surface area (TPSA) is 38.3 Å². The third-order valence-electron chi connectivity index (χ3n) is 4.78. The highest BCUT2D eigenvalue weighted by Crippen LogP contribution is 2.38. The smallest absolute Gasteiger partial charge is 0.323 e. The normalized spacial score (nSPS) is 31.2. The number of ether oxygens (including phenoxy) is 1. The molecule has 2 rings (SSSR count). The standard InChI is InChI=1S/C16H29NO2/c1-3-4-5-6-8-12(2)19-16(18)15-14-10-7-9-13(14)11-17-15/h12-15,17H,3-11H2,1-2H3. The van der Waals surface area contributed by atoms with Crippen LogP contribution in [0.3, 0.4) is 0 Å². The Kier molecular flexibility index (Phi) is 5.68. The summed E-state index contributed by atoms with van der Waals surface area (Å²) in [5.74, 6) is 1.26. The van der Waals surface area contributed by atoms with E-state index in [1.807, 2.05) is 6.92 Å². The first-order valence-electron chi connectivity index (χ1n) is 8.16. The molecule has 1 aliphatic carbocycles. The molecule has 3 nitrogen and oxygen atoms in total. The molecular weight excluding hydrogens is 238 g/mol. The molecule has 4 atom stereocenters. The van der Waals surface area contributed by atoms with E-state index in [9.17, 15) is 4.79 Å². The Hall–Kier alpha value is -0.570. The van der Waals surface area contributed by atoms with Gasteiger partial charge in [0.1, 0.15) is 6.04 Å². The first kappa shape index (κ1) is 14.8. The third kappa shape index (κ3) is 3.95. The second kappa shape index (κ2) is 7.28. The molecule has 1 heterocycles. The van der Waals surface area contributed by atoms with Gasteiger partial charge in [0.2, 0.25) is 0 Å². The molecule has 0 amide bonds. The van der Waals surface area contributed by atoms with Gasteiger partial charge in [-0.1, -0.05) is 32.6 Å². The highest BCUT2D eigenvalue weighted by atomic mass is 16.5. The van der Waals surface area contributed by atoms with Crippen LogP contribution in [-0.2, 0) is 9.53 Å². The average molecular weight is 267 g/mol. The lowest BCUT2D eigenvalue weighted by atomic mass is 9.94. The molecule has 0 aromatic rings. The van der Waals surface area contributed by atoms with Crippen LogP contribution >= 0.6 is 0 Å². The number of hydrogen-bond acceptors (Lipinski definition) is 3. The van der Waals surface area contributed by atoms with Crippen LogP contribution in [0.1, 0.15) is 65.2 Å². The molecule has 110 valence electrons. The molecule has 0 radical (unpaired) electrons. The van der Waals surface area contributed by atoms with E-state index in [1.54, 1.807) is 0 Å². The van der Waals surface area contributed by atoms with Gasteiger partial charge in [0.25, 0.3) is 0 Å². The fourth-order valence-corrected chi connectivity index (χ4v) is 3.63. The molecule has 2 fully saturated rings. The molecule has 1 saturated carbocycles. The zero-order valence-corrected chi connectivity index (χ0v) is 12.5. The lowest BCUT2D eigenvalue weighted by Gasteiger charge is -2.20. The molecule has 1 saturated heterocycles. The van der Waals surface area contributed by atoms with Crippen molar-refractivity contribution in [2.45, 2.75) is 77.4 Å². The summed E-state index contributed by atoms with van der Waals surface area (Å²) in [6.07, 6.45) is 9.82. The van der Waals surface area contributed by atoms with Crippen molar-refractivity contribution in [2.24, 2.45) is 11.8 Å². The lowest BCUT2D eigenvalue weighted by molar-refractivity contribution is -0.151. The maximum atomic E-state index is 12.2. The third-order valence-corrected chi connectivity index (χ3v) is 4.78. The Balaban J connectivity index is 1.68. The van der Waals surface area contributed by atoms with Crippen LogP contribution in [-0.4, -0.2) is 24.7 Å². The predicted octanol–water partition coefficient (Wildman–Crippen LogP) is 3.28. The Morgan fingerprint density at radius 1 is 1.32 bits per heavy atom. The SMILES string of the molecule is CCCCCCC(C)OC(=O)C1NCC2CCCC21. The number of esters is 1. The summed E-state index contributed by atoms with van der Waals surface area (Å²) in [6, 6.07) is -0.0226. The molecule has 1 aliphatic heterocycles. The minimum atomic E-state index is -0.0226. The molecule has 3 heteroatoms. The predicted molar refractivity (Wildman–Crippen MR) is 76.9 cm³/mol. The average Bonchev–Trinajstić information content (AvgIpc) is 2.96. The summed E-state index contributed by atoms with van der Waals surface area (Å²) in [5.41, 5.74) is 0. The minimum Gasteiger partial charge on any atom is -0.462 e.